The maximum atomic E-state index is 14.4. The fourth-order valence-corrected chi connectivity index (χ4v) is 2.16. The van der Waals surface area contributed by atoms with E-state index >= 15 is 0 Å². The van der Waals surface area contributed by atoms with Gasteiger partial charge in [0.05, 0.1) is 0 Å². The van der Waals surface area contributed by atoms with Gasteiger partial charge in [-0.2, -0.15) is 5.10 Å². The van der Waals surface area contributed by atoms with Gasteiger partial charge >= 0.3 is 0 Å². The van der Waals surface area contributed by atoms with E-state index in [0.717, 1.165) is 10.2 Å². The summed E-state index contributed by atoms with van der Waals surface area (Å²) in [7, 11) is 0. The minimum absolute atomic E-state index is 0.128. The van der Waals surface area contributed by atoms with Crippen molar-refractivity contribution < 1.29 is 9.50 Å². The van der Waals surface area contributed by atoms with E-state index in [2.05, 4.69) is 31.4 Å². The summed E-state index contributed by atoms with van der Waals surface area (Å²) in [5.74, 6) is -0.146. The molecule has 0 fully saturated rings. The van der Waals surface area contributed by atoms with Gasteiger partial charge in [-0.15, -0.1) is 0 Å². The molecule has 6 heteroatoms. The molecule has 1 heterocycles. The minimum atomic E-state index is -0.469. The molecule has 0 bridgehead atoms. The van der Waals surface area contributed by atoms with Crippen LogP contribution in [-0.4, -0.2) is 15.3 Å². The molecule has 0 unspecified atom stereocenters. The highest BCUT2D eigenvalue weighted by Crippen LogP contribution is 2.28. The topological polar surface area (TPSA) is 60.9 Å². The van der Waals surface area contributed by atoms with E-state index in [1.165, 1.54) is 12.1 Å². The first-order valence-electron chi connectivity index (χ1n) is 6.19. The molecule has 3 rings (SSSR count). The van der Waals surface area contributed by atoms with Gasteiger partial charge in [-0.1, -0.05) is 15.9 Å². The van der Waals surface area contributed by atoms with E-state index in [1.807, 2.05) is 24.3 Å². The second kappa shape index (κ2) is 5.57. The van der Waals surface area contributed by atoms with Crippen molar-refractivity contribution in [2.45, 2.75) is 0 Å². The predicted octanol–water partition coefficient (Wildman–Crippen LogP) is 4.43. The van der Waals surface area contributed by atoms with Crippen molar-refractivity contribution in [3.05, 3.63) is 58.8 Å². The van der Waals surface area contributed by atoms with Crippen molar-refractivity contribution in [3.8, 4) is 17.0 Å². The van der Waals surface area contributed by atoms with Gasteiger partial charge in [-0.25, -0.2) is 4.39 Å². The summed E-state index contributed by atoms with van der Waals surface area (Å²) in [6.07, 6.45) is 0. The third-order valence-corrected chi connectivity index (χ3v) is 3.49. The van der Waals surface area contributed by atoms with E-state index in [4.69, 9.17) is 0 Å². The molecule has 0 aliphatic carbocycles. The molecular weight excluding hydrogens is 337 g/mol. The number of H-pyrrole nitrogens is 1. The van der Waals surface area contributed by atoms with Crippen LogP contribution in [0.2, 0.25) is 0 Å². The van der Waals surface area contributed by atoms with E-state index in [9.17, 15) is 9.50 Å². The Morgan fingerprint density at radius 3 is 2.38 bits per heavy atom. The van der Waals surface area contributed by atoms with Crippen LogP contribution < -0.4 is 5.32 Å². The normalized spacial score (nSPS) is 10.6. The van der Waals surface area contributed by atoms with Crippen LogP contribution >= 0.6 is 15.9 Å². The number of nitrogens with one attached hydrogen (secondary N) is 2. The average molecular weight is 348 g/mol. The summed E-state index contributed by atoms with van der Waals surface area (Å²) in [5.41, 5.74) is 1.54. The van der Waals surface area contributed by atoms with Crippen LogP contribution in [0.1, 0.15) is 0 Å². The molecule has 0 spiro atoms. The number of aromatic amines is 1. The quantitative estimate of drug-likeness (QED) is 0.656. The number of aromatic nitrogens is 2. The molecule has 0 saturated carbocycles. The van der Waals surface area contributed by atoms with E-state index in [-0.39, 0.29) is 17.3 Å². The molecule has 4 nitrogen and oxygen atoms in total. The summed E-state index contributed by atoms with van der Waals surface area (Å²) in [6.45, 7) is 0. The number of nitrogens with zero attached hydrogens (tertiary/aromatic N) is 1. The van der Waals surface area contributed by atoms with Crippen LogP contribution in [0.15, 0.2) is 53.0 Å². The SMILES string of the molecule is Oc1ccc(-c2n[nH]c(Nc3ccc(Br)cc3)c2F)cc1. The summed E-state index contributed by atoms with van der Waals surface area (Å²) in [5, 5.41) is 18.8. The van der Waals surface area contributed by atoms with E-state index < -0.39 is 5.82 Å². The number of halogens is 2. The molecule has 1 aromatic heterocycles. The van der Waals surface area contributed by atoms with Crippen LogP contribution in [0.5, 0.6) is 5.75 Å². The number of benzene rings is 2. The number of anilines is 2. The van der Waals surface area contributed by atoms with Crippen molar-refractivity contribution in [3.63, 3.8) is 0 Å². The van der Waals surface area contributed by atoms with Gasteiger partial charge in [0.2, 0.25) is 0 Å². The second-order valence-corrected chi connectivity index (χ2v) is 5.36. The Morgan fingerprint density at radius 1 is 1.05 bits per heavy atom. The monoisotopic (exact) mass is 347 g/mol. The Kier molecular flexibility index (Phi) is 3.62. The number of hydrogen-bond donors (Lipinski definition) is 3. The first-order valence-corrected chi connectivity index (χ1v) is 6.98. The highest BCUT2D eigenvalue weighted by molar-refractivity contribution is 9.10. The molecule has 3 aromatic rings. The first-order chi connectivity index (χ1) is 10.1. The fraction of sp³-hybridized carbons (Fsp3) is 0. The number of phenolic OH excluding ortho intramolecular Hbond substituents is 1. The molecule has 0 atom stereocenters. The third-order valence-electron chi connectivity index (χ3n) is 2.96. The standard InChI is InChI=1S/C15H11BrFN3O/c16-10-3-5-11(6-4-10)18-15-13(17)14(19-20-15)9-1-7-12(21)8-2-9/h1-8,21H,(H2,18,19,20). The molecule has 0 amide bonds. The molecule has 0 aliphatic rings. The molecule has 3 N–H and O–H groups in total. The Morgan fingerprint density at radius 2 is 1.71 bits per heavy atom. The van der Waals surface area contributed by atoms with Crippen LogP contribution in [0.4, 0.5) is 15.9 Å². The zero-order chi connectivity index (χ0) is 14.8. The Balaban J connectivity index is 1.88. The van der Waals surface area contributed by atoms with Crippen LogP contribution in [0, 0.1) is 5.82 Å². The summed E-state index contributed by atoms with van der Waals surface area (Å²) < 4.78 is 15.3. The van der Waals surface area contributed by atoms with Gasteiger partial charge in [0, 0.05) is 15.7 Å². The predicted molar refractivity (Wildman–Crippen MR) is 83.1 cm³/mol. The lowest BCUT2D eigenvalue weighted by Gasteiger charge is -2.03. The lowest BCUT2D eigenvalue weighted by atomic mass is 10.1. The number of aromatic hydroxyl groups is 1. The van der Waals surface area contributed by atoms with Gasteiger partial charge in [0.15, 0.2) is 11.6 Å². The summed E-state index contributed by atoms with van der Waals surface area (Å²) in [4.78, 5) is 0. The van der Waals surface area contributed by atoms with E-state index in [1.54, 1.807) is 12.1 Å². The van der Waals surface area contributed by atoms with Crippen LogP contribution in [0.25, 0.3) is 11.3 Å². The smallest absolute Gasteiger partial charge is 0.193 e. The largest absolute Gasteiger partial charge is 0.508 e. The molecule has 2 aromatic carbocycles. The second-order valence-electron chi connectivity index (χ2n) is 4.44. The van der Waals surface area contributed by atoms with E-state index in [0.29, 0.717) is 5.56 Å². The molecule has 0 saturated heterocycles. The lowest BCUT2D eigenvalue weighted by molar-refractivity contribution is 0.475. The molecule has 0 aliphatic heterocycles. The van der Waals surface area contributed by atoms with Crippen molar-refractivity contribution in [1.29, 1.82) is 0 Å². The average Bonchev–Trinajstić information content (AvgIpc) is 2.84. The van der Waals surface area contributed by atoms with Gasteiger partial charge in [-0.3, -0.25) is 5.10 Å². The zero-order valence-corrected chi connectivity index (χ0v) is 12.4. The Bertz CT molecular complexity index is 754. The molecule has 0 radical (unpaired) electrons. The lowest BCUT2D eigenvalue weighted by Crippen LogP contribution is -1.92. The number of rotatable bonds is 3. The number of hydrogen-bond acceptors (Lipinski definition) is 3. The van der Waals surface area contributed by atoms with Crippen molar-refractivity contribution in [2.24, 2.45) is 0 Å². The first kappa shape index (κ1) is 13.6. The highest BCUT2D eigenvalue weighted by atomic mass is 79.9. The maximum Gasteiger partial charge on any atom is 0.193 e. The molecular formula is C15H11BrFN3O. The van der Waals surface area contributed by atoms with Crippen LogP contribution in [-0.2, 0) is 0 Å². The molecule has 21 heavy (non-hydrogen) atoms. The van der Waals surface area contributed by atoms with Gasteiger partial charge in [-0.05, 0) is 48.5 Å². The summed E-state index contributed by atoms with van der Waals surface area (Å²) >= 11 is 3.34. The summed E-state index contributed by atoms with van der Waals surface area (Å²) in [6, 6.07) is 13.6. The molecule has 106 valence electrons. The fourth-order valence-electron chi connectivity index (χ4n) is 1.90. The van der Waals surface area contributed by atoms with Crippen molar-refractivity contribution in [2.75, 3.05) is 5.32 Å². The third kappa shape index (κ3) is 2.90. The Hall–Kier alpha value is -2.34. The van der Waals surface area contributed by atoms with Crippen LogP contribution in [0.3, 0.4) is 0 Å². The van der Waals surface area contributed by atoms with Gasteiger partial charge in [0.1, 0.15) is 11.4 Å². The maximum absolute atomic E-state index is 14.4. The van der Waals surface area contributed by atoms with Gasteiger partial charge < -0.3 is 10.4 Å². The van der Waals surface area contributed by atoms with Gasteiger partial charge in [0.25, 0.3) is 0 Å². The zero-order valence-electron chi connectivity index (χ0n) is 10.8. The minimum Gasteiger partial charge on any atom is -0.508 e. The Labute approximate surface area is 128 Å². The van der Waals surface area contributed by atoms with Crippen molar-refractivity contribution in [1.82, 2.24) is 10.2 Å². The highest BCUT2D eigenvalue weighted by Gasteiger charge is 2.14. The number of phenols is 1. The van der Waals surface area contributed by atoms with Crippen molar-refractivity contribution >= 4 is 27.4 Å².